The topological polar surface area (TPSA) is 62.4 Å². The lowest BCUT2D eigenvalue weighted by Gasteiger charge is -2.32. The molecular weight excluding hydrogens is 364 g/mol. The Bertz CT molecular complexity index is 1020. The first-order chi connectivity index (χ1) is 14.2. The van der Waals surface area contributed by atoms with Crippen LogP contribution >= 0.6 is 0 Å². The number of amides is 1. The van der Waals surface area contributed by atoms with Gasteiger partial charge in [0.2, 0.25) is 0 Å². The van der Waals surface area contributed by atoms with E-state index in [0.717, 1.165) is 18.4 Å². The minimum atomic E-state index is -0.159. The summed E-state index contributed by atoms with van der Waals surface area (Å²) in [4.78, 5) is 29.5. The Morgan fingerprint density at radius 2 is 1.79 bits per heavy atom. The van der Waals surface area contributed by atoms with Crippen molar-refractivity contribution in [1.82, 2.24) is 9.88 Å². The zero-order chi connectivity index (χ0) is 20.1. The maximum Gasteiger partial charge on any atom is 0.255 e. The summed E-state index contributed by atoms with van der Waals surface area (Å²) >= 11 is 0. The second-order valence-electron chi connectivity index (χ2n) is 7.28. The van der Waals surface area contributed by atoms with Crippen molar-refractivity contribution in [2.24, 2.45) is 0 Å². The minimum Gasteiger partial charge on any atom is -0.373 e. The molecule has 0 aliphatic carbocycles. The molecule has 0 spiro atoms. The van der Waals surface area contributed by atoms with E-state index in [1.165, 1.54) is 5.56 Å². The van der Waals surface area contributed by atoms with Crippen LogP contribution in [0.15, 0.2) is 77.7 Å². The molecule has 29 heavy (non-hydrogen) atoms. The average molecular weight is 388 g/mol. The zero-order valence-electron chi connectivity index (χ0n) is 16.2. The molecule has 0 radical (unpaired) electrons. The van der Waals surface area contributed by atoms with Gasteiger partial charge >= 0.3 is 0 Å². The minimum absolute atomic E-state index is 0.000666. The summed E-state index contributed by atoms with van der Waals surface area (Å²) in [6.07, 6.45) is 3.44. The number of likely N-dealkylation sites (tertiary alicyclic amines) is 1. The highest BCUT2D eigenvalue weighted by Crippen LogP contribution is 2.21. The number of aromatic amines is 1. The second-order valence-corrected chi connectivity index (χ2v) is 7.28. The number of carbonyl (C=O) groups is 1. The Morgan fingerprint density at radius 3 is 2.55 bits per heavy atom. The van der Waals surface area contributed by atoms with E-state index in [9.17, 15) is 9.59 Å². The molecule has 1 saturated heterocycles. The number of piperidine rings is 1. The fraction of sp³-hybridized carbons (Fsp3) is 0.250. The van der Waals surface area contributed by atoms with Gasteiger partial charge in [0.25, 0.3) is 11.5 Å². The van der Waals surface area contributed by atoms with Crippen molar-refractivity contribution in [2.45, 2.75) is 25.6 Å². The summed E-state index contributed by atoms with van der Waals surface area (Å²) in [6, 6.07) is 21.0. The third-order valence-corrected chi connectivity index (χ3v) is 5.30. The van der Waals surface area contributed by atoms with Crippen LogP contribution in [0.5, 0.6) is 0 Å². The summed E-state index contributed by atoms with van der Waals surface area (Å²) in [7, 11) is 0. The van der Waals surface area contributed by atoms with Gasteiger partial charge in [0.1, 0.15) is 0 Å². The number of benzene rings is 2. The van der Waals surface area contributed by atoms with Gasteiger partial charge in [-0.05, 0) is 48.2 Å². The van der Waals surface area contributed by atoms with Crippen LogP contribution < -0.4 is 5.56 Å². The van der Waals surface area contributed by atoms with Crippen LogP contribution in [-0.2, 0) is 11.3 Å². The predicted octanol–water partition coefficient (Wildman–Crippen LogP) is 3.86. The first-order valence-electron chi connectivity index (χ1n) is 9.93. The summed E-state index contributed by atoms with van der Waals surface area (Å²) < 4.78 is 6.02. The third-order valence-electron chi connectivity index (χ3n) is 5.30. The van der Waals surface area contributed by atoms with Crippen LogP contribution in [0.1, 0.15) is 28.8 Å². The number of H-pyrrole nitrogens is 1. The highest BCUT2D eigenvalue weighted by molar-refractivity contribution is 5.95. The van der Waals surface area contributed by atoms with Gasteiger partial charge in [-0.25, -0.2) is 0 Å². The van der Waals surface area contributed by atoms with Crippen LogP contribution in [0.25, 0.3) is 11.1 Å². The summed E-state index contributed by atoms with van der Waals surface area (Å²) in [5, 5.41) is 0. The fourth-order valence-electron chi connectivity index (χ4n) is 3.67. The summed E-state index contributed by atoms with van der Waals surface area (Å²) in [6.45, 7) is 1.95. The van der Waals surface area contributed by atoms with Gasteiger partial charge in [-0.2, -0.15) is 0 Å². The molecule has 0 saturated carbocycles. The molecule has 5 heteroatoms. The van der Waals surface area contributed by atoms with Gasteiger partial charge in [-0.3, -0.25) is 9.59 Å². The molecular formula is C24H24N2O3. The van der Waals surface area contributed by atoms with Crippen molar-refractivity contribution in [3.05, 3.63) is 94.4 Å². The highest BCUT2D eigenvalue weighted by atomic mass is 16.5. The van der Waals surface area contributed by atoms with E-state index in [2.05, 4.69) is 17.1 Å². The lowest BCUT2D eigenvalue weighted by atomic mass is 10.0. The maximum absolute atomic E-state index is 13.0. The van der Waals surface area contributed by atoms with Crippen LogP contribution in [0.2, 0.25) is 0 Å². The van der Waals surface area contributed by atoms with Crippen molar-refractivity contribution < 1.29 is 9.53 Å². The Hall–Kier alpha value is -3.18. The van der Waals surface area contributed by atoms with Gasteiger partial charge in [-0.15, -0.1) is 0 Å². The second kappa shape index (κ2) is 8.88. The number of rotatable bonds is 5. The number of hydrogen-bond acceptors (Lipinski definition) is 3. The normalized spacial score (nSPS) is 14.7. The Morgan fingerprint density at radius 1 is 1.00 bits per heavy atom. The van der Waals surface area contributed by atoms with Gasteiger partial charge in [-0.1, -0.05) is 42.5 Å². The molecule has 148 valence electrons. The number of hydrogen-bond donors (Lipinski definition) is 1. The van der Waals surface area contributed by atoms with E-state index in [0.29, 0.717) is 30.8 Å². The Balaban J connectivity index is 1.37. The molecule has 5 nitrogen and oxygen atoms in total. The lowest BCUT2D eigenvalue weighted by molar-refractivity contribution is -0.000378. The van der Waals surface area contributed by atoms with E-state index in [-0.39, 0.29) is 17.6 Å². The highest BCUT2D eigenvalue weighted by Gasteiger charge is 2.24. The van der Waals surface area contributed by atoms with Crippen LogP contribution in [0, 0.1) is 0 Å². The molecule has 1 aliphatic rings. The average Bonchev–Trinajstić information content (AvgIpc) is 2.79. The number of pyridine rings is 1. The van der Waals surface area contributed by atoms with Gasteiger partial charge in [0.15, 0.2) is 0 Å². The molecule has 0 bridgehead atoms. The van der Waals surface area contributed by atoms with Gasteiger partial charge in [0, 0.05) is 30.4 Å². The van der Waals surface area contributed by atoms with Gasteiger partial charge in [0.05, 0.1) is 12.7 Å². The molecule has 2 heterocycles. The SMILES string of the molecule is O=C(c1cccc(-c2ccc[nH]c2=O)c1)N1CCC(OCc2ccccc2)CC1. The molecule has 1 amide bonds. The van der Waals surface area contributed by atoms with E-state index in [4.69, 9.17) is 4.74 Å². The Kier molecular flexibility index (Phi) is 5.86. The maximum atomic E-state index is 13.0. The molecule has 1 aliphatic heterocycles. The zero-order valence-corrected chi connectivity index (χ0v) is 16.2. The fourth-order valence-corrected chi connectivity index (χ4v) is 3.67. The van der Waals surface area contributed by atoms with Crippen molar-refractivity contribution in [3.8, 4) is 11.1 Å². The standard InChI is InChI=1S/C24H24N2O3/c27-23-22(10-5-13-25-23)19-8-4-9-20(16-19)24(28)26-14-11-21(12-15-26)29-17-18-6-2-1-3-7-18/h1-10,13,16,21H,11-12,14-15,17H2,(H,25,27). The molecule has 1 aromatic heterocycles. The third kappa shape index (κ3) is 4.63. The van der Waals surface area contributed by atoms with Crippen LogP contribution in [0.3, 0.4) is 0 Å². The first-order valence-corrected chi connectivity index (χ1v) is 9.93. The van der Waals surface area contributed by atoms with Crippen molar-refractivity contribution in [2.75, 3.05) is 13.1 Å². The summed E-state index contributed by atoms with van der Waals surface area (Å²) in [5.74, 6) is 0.000666. The monoisotopic (exact) mass is 388 g/mol. The molecule has 1 fully saturated rings. The van der Waals surface area contributed by atoms with E-state index < -0.39 is 0 Å². The first kappa shape index (κ1) is 19.2. The van der Waals surface area contributed by atoms with Crippen molar-refractivity contribution in [1.29, 1.82) is 0 Å². The van der Waals surface area contributed by atoms with E-state index >= 15 is 0 Å². The van der Waals surface area contributed by atoms with Crippen molar-refractivity contribution >= 4 is 5.91 Å². The number of carbonyl (C=O) groups excluding carboxylic acids is 1. The Labute approximate surface area is 170 Å². The molecule has 2 aromatic carbocycles. The lowest BCUT2D eigenvalue weighted by Crippen LogP contribution is -2.40. The van der Waals surface area contributed by atoms with Crippen LogP contribution in [0.4, 0.5) is 0 Å². The van der Waals surface area contributed by atoms with Gasteiger partial charge < -0.3 is 14.6 Å². The van der Waals surface area contributed by atoms with E-state index in [1.54, 1.807) is 30.5 Å². The quantitative estimate of drug-likeness (QED) is 0.722. The summed E-state index contributed by atoms with van der Waals surface area (Å²) in [5.41, 5.74) is 2.93. The molecule has 0 unspecified atom stereocenters. The smallest absolute Gasteiger partial charge is 0.255 e. The molecule has 0 atom stereocenters. The van der Waals surface area contributed by atoms with Crippen LogP contribution in [-0.4, -0.2) is 35.0 Å². The van der Waals surface area contributed by atoms with Crippen molar-refractivity contribution in [3.63, 3.8) is 0 Å². The number of nitrogens with zero attached hydrogens (tertiary/aromatic N) is 1. The largest absolute Gasteiger partial charge is 0.373 e. The molecule has 3 aromatic rings. The number of nitrogens with one attached hydrogen (secondary N) is 1. The van der Waals surface area contributed by atoms with E-state index in [1.807, 2.05) is 35.2 Å². The molecule has 4 rings (SSSR count). The number of ether oxygens (including phenoxy) is 1. The predicted molar refractivity (Wildman–Crippen MR) is 113 cm³/mol. The number of aromatic nitrogens is 1. The molecule has 1 N–H and O–H groups in total.